The predicted molar refractivity (Wildman–Crippen MR) is 106 cm³/mol. The highest BCUT2D eigenvalue weighted by Crippen LogP contribution is 2.20. The quantitative estimate of drug-likeness (QED) is 0.615. The van der Waals surface area contributed by atoms with Crippen LogP contribution in [0, 0.1) is 11.6 Å². The molecule has 0 radical (unpaired) electrons. The van der Waals surface area contributed by atoms with E-state index in [1.54, 1.807) is 35.6 Å². The Labute approximate surface area is 170 Å². The van der Waals surface area contributed by atoms with E-state index in [0.29, 0.717) is 12.4 Å². The van der Waals surface area contributed by atoms with E-state index < -0.39 is 29.5 Å². The molecule has 1 atom stereocenters. The number of ether oxygens (including phenoxy) is 1. The van der Waals surface area contributed by atoms with E-state index in [1.165, 1.54) is 13.1 Å². The summed E-state index contributed by atoms with van der Waals surface area (Å²) in [5, 5.41) is 6.90. The summed E-state index contributed by atoms with van der Waals surface area (Å²) in [7, 11) is 1.39. The molecule has 2 N–H and O–H groups in total. The van der Waals surface area contributed by atoms with Crippen molar-refractivity contribution < 1.29 is 23.1 Å². The minimum Gasteiger partial charge on any atom is -0.488 e. The van der Waals surface area contributed by atoms with Crippen LogP contribution >= 0.6 is 11.3 Å². The van der Waals surface area contributed by atoms with Crippen LogP contribution in [0.5, 0.6) is 5.75 Å². The SMILES string of the molecule is CNC(=O)C(NC(=O)c1cccc(OCc2cccs2)c1)c1ccc(F)c(F)c1. The number of hydrogen-bond acceptors (Lipinski definition) is 4. The molecule has 0 bridgehead atoms. The number of carbonyl (C=O) groups excluding carboxylic acids is 2. The van der Waals surface area contributed by atoms with E-state index in [1.807, 2.05) is 17.5 Å². The lowest BCUT2D eigenvalue weighted by atomic mass is 10.0. The van der Waals surface area contributed by atoms with Crippen molar-refractivity contribution in [1.29, 1.82) is 0 Å². The van der Waals surface area contributed by atoms with Gasteiger partial charge in [0.25, 0.3) is 5.91 Å². The molecule has 3 aromatic rings. The average Bonchev–Trinajstić information content (AvgIpc) is 3.26. The van der Waals surface area contributed by atoms with Gasteiger partial charge in [0.1, 0.15) is 18.4 Å². The maximum absolute atomic E-state index is 13.6. The monoisotopic (exact) mass is 416 g/mol. The van der Waals surface area contributed by atoms with Gasteiger partial charge in [-0.05, 0) is 47.3 Å². The number of benzene rings is 2. The van der Waals surface area contributed by atoms with Gasteiger partial charge in [0.05, 0.1) is 0 Å². The van der Waals surface area contributed by atoms with Crippen LogP contribution in [0.1, 0.15) is 26.8 Å². The molecule has 29 heavy (non-hydrogen) atoms. The lowest BCUT2D eigenvalue weighted by molar-refractivity contribution is -0.122. The molecule has 3 rings (SSSR count). The van der Waals surface area contributed by atoms with Gasteiger partial charge in [-0.2, -0.15) is 0 Å². The van der Waals surface area contributed by atoms with Crippen molar-refractivity contribution in [2.75, 3.05) is 7.05 Å². The van der Waals surface area contributed by atoms with E-state index in [9.17, 15) is 18.4 Å². The van der Waals surface area contributed by atoms with E-state index in [0.717, 1.165) is 17.0 Å². The van der Waals surface area contributed by atoms with Crippen LogP contribution in [0.3, 0.4) is 0 Å². The average molecular weight is 416 g/mol. The Kier molecular flexibility index (Phi) is 6.56. The summed E-state index contributed by atoms with van der Waals surface area (Å²) in [6.45, 7) is 0.373. The molecular weight excluding hydrogens is 398 g/mol. The molecule has 1 unspecified atom stereocenters. The number of likely N-dealkylation sites (N-methyl/N-ethyl adjacent to an activating group) is 1. The molecule has 0 spiro atoms. The van der Waals surface area contributed by atoms with Crippen LogP contribution < -0.4 is 15.4 Å². The van der Waals surface area contributed by atoms with Gasteiger partial charge in [-0.3, -0.25) is 9.59 Å². The summed E-state index contributed by atoms with van der Waals surface area (Å²) in [5.74, 6) is -2.75. The van der Waals surface area contributed by atoms with Gasteiger partial charge in [0.15, 0.2) is 11.6 Å². The van der Waals surface area contributed by atoms with Gasteiger partial charge < -0.3 is 15.4 Å². The first-order chi connectivity index (χ1) is 14.0. The van der Waals surface area contributed by atoms with E-state index >= 15 is 0 Å². The molecule has 0 aliphatic carbocycles. The van der Waals surface area contributed by atoms with Crippen LogP contribution in [0.2, 0.25) is 0 Å². The van der Waals surface area contributed by atoms with Crippen molar-refractivity contribution in [1.82, 2.24) is 10.6 Å². The molecule has 2 amide bonds. The highest BCUT2D eigenvalue weighted by molar-refractivity contribution is 7.09. The van der Waals surface area contributed by atoms with E-state index in [2.05, 4.69) is 10.6 Å². The molecule has 0 fully saturated rings. The minimum atomic E-state index is -1.18. The molecule has 5 nitrogen and oxygen atoms in total. The van der Waals surface area contributed by atoms with Crippen LogP contribution in [0.15, 0.2) is 60.0 Å². The third kappa shape index (κ3) is 5.17. The number of thiophene rings is 1. The Morgan fingerprint density at radius 2 is 1.90 bits per heavy atom. The number of nitrogens with one attached hydrogen (secondary N) is 2. The normalized spacial score (nSPS) is 11.6. The van der Waals surface area contributed by atoms with Crippen molar-refractivity contribution in [3.05, 3.63) is 87.6 Å². The zero-order valence-corrected chi connectivity index (χ0v) is 16.3. The topological polar surface area (TPSA) is 67.4 Å². The number of halogens is 2. The highest BCUT2D eigenvalue weighted by Gasteiger charge is 2.23. The third-order valence-corrected chi connectivity index (χ3v) is 4.97. The molecule has 2 aromatic carbocycles. The third-order valence-electron chi connectivity index (χ3n) is 4.12. The van der Waals surface area contributed by atoms with Gasteiger partial charge in [-0.1, -0.05) is 18.2 Å². The summed E-state index contributed by atoms with van der Waals surface area (Å²) in [6.07, 6.45) is 0. The van der Waals surface area contributed by atoms with Crippen molar-refractivity contribution in [2.45, 2.75) is 12.6 Å². The number of amides is 2. The smallest absolute Gasteiger partial charge is 0.252 e. The first-order valence-electron chi connectivity index (χ1n) is 8.70. The van der Waals surface area contributed by atoms with Crippen LogP contribution in [0.25, 0.3) is 0 Å². The van der Waals surface area contributed by atoms with Crippen LogP contribution in [-0.2, 0) is 11.4 Å². The summed E-state index contributed by atoms with van der Waals surface area (Å²) < 4.78 is 32.5. The molecule has 0 aliphatic rings. The van der Waals surface area contributed by atoms with Crippen molar-refractivity contribution >= 4 is 23.2 Å². The molecule has 0 saturated carbocycles. The largest absolute Gasteiger partial charge is 0.488 e. The standard InChI is InChI=1S/C21H18F2N2O3S/c1-24-21(27)19(13-7-8-17(22)18(23)11-13)25-20(26)14-4-2-5-15(10-14)28-12-16-6-3-9-29-16/h2-11,19H,12H2,1H3,(H,24,27)(H,25,26). The number of carbonyl (C=O) groups is 2. The fourth-order valence-electron chi connectivity index (χ4n) is 2.63. The second kappa shape index (κ2) is 9.29. The Hall–Kier alpha value is -3.26. The predicted octanol–water partition coefficient (Wildman–Crippen LogP) is 3.82. The van der Waals surface area contributed by atoms with E-state index in [-0.39, 0.29) is 11.1 Å². The van der Waals surface area contributed by atoms with Gasteiger partial charge in [0, 0.05) is 17.5 Å². The summed E-state index contributed by atoms with van der Waals surface area (Å²) in [6, 6.07) is 12.2. The maximum atomic E-state index is 13.6. The second-order valence-corrected chi connectivity index (χ2v) is 7.12. The van der Waals surface area contributed by atoms with Gasteiger partial charge in [0.2, 0.25) is 5.91 Å². The first-order valence-corrected chi connectivity index (χ1v) is 9.58. The van der Waals surface area contributed by atoms with Crippen molar-refractivity contribution in [3.63, 3.8) is 0 Å². The number of hydrogen-bond donors (Lipinski definition) is 2. The molecule has 8 heteroatoms. The lowest BCUT2D eigenvalue weighted by Crippen LogP contribution is -2.39. The van der Waals surface area contributed by atoms with Crippen molar-refractivity contribution in [3.8, 4) is 5.75 Å². The molecule has 1 heterocycles. The second-order valence-electron chi connectivity index (χ2n) is 6.09. The summed E-state index contributed by atoms with van der Waals surface area (Å²) in [4.78, 5) is 25.9. The van der Waals surface area contributed by atoms with Crippen LogP contribution in [-0.4, -0.2) is 18.9 Å². The molecule has 0 saturated heterocycles. The Morgan fingerprint density at radius 1 is 1.07 bits per heavy atom. The molecule has 1 aromatic heterocycles. The zero-order valence-electron chi connectivity index (χ0n) is 15.4. The molecule has 150 valence electrons. The Balaban J connectivity index is 1.76. The number of rotatable bonds is 7. The summed E-state index contributed by atoms with van der Waals surface area (Å²) in [5.41, 5.74) is 0.395. The zero-order chi connectivity index (χ0) is 20.8. The Bertz CT molecular complexity index is 1010. The summed E-state index contributed by atoms with van der Waals surface area (Å²) >= 11 is 1.56. The molecular formula is C21H18F2N2O3S. The van der Waals surface area contributed by atoms with E-state index in [4.69, 9.17) is 4.74 Å². The maximum Gasteiger partial charge on any atom is 0.252 e. The van der Waals surface area contributed by atoms with Crippen molar-refractivity contribution in [2.24, 2.45) is 0 Å². The minimum absolute atomic E-state index is 0.127. The van der Waals surface area contributed by atoms with Gasteiger partial charge in [-0.25, -0.2) is 8.78 Å². The molecule has 0 aliphatic heterocycles. The highest BCUT2D eigenvalue weighted by atomic mass is 32.1. The van der Waals surface area contributed by atoms with Gasteiger partial charge >= 0.3 is 0 Å². The van der Waals surface area contributed by atoms with Gasteiger partial charge in [-0.15, -0.1) is 11.3 Å². The van der Waals surface area contributed by atoms with Crippen LogP contribution in [0.4, 0.5) is 8.78 Å². The first kappa shape index (κ1) is 20.5. The fraction of sp³-hybridized carbons (Fsp3) is 0.143. The lowest BCUT2D eigenvalue weighted by Gasteiger charge is -2.18. The fourth-order valence-corrected chi connectivity index (χ4v) is 3.24. The Morgan fingerprint density at radius 3 is 2.59 bits per heavy atom.